The highest BCUT2D eigenvalue weighted by Crippen LogP contribution is 2.25. The van der Waals surface area contributed by atoms with Gasteiger partial charge in [0.05, 0.1) is 25.3 Å². The largest absolute Gasteiger partial charge is 0.497 e. The van der Waals surface area contributed by atoms with Gasteiger partial charge >= 0.3 is 0 Å². The highest BCUT2D eigenvalue weighted by Gasteiger charge is 2.39. The zero-order valence-corrected chi connectivity index (χ0v) is 11.3. The van der Waals surface area contributed by atoms with Gasteiger partial charge < -0.3 is 10.1 Å². The Labute approximate surface area is 112 Å². The number of benzene rings is 1. The molecule has 0 aromatic heterocycles. The molecule has 1 N–H and O–H groups in total. The Balaban J connectivity index is 2.19. The van der Waals surface area contributed by atoms with E-state index in [9.17, 15) is 9.59 Å². The lowest BCUT2D eigenvalue weighted by atomic mass is 10.2. The number of imide groups is 1. The van der Waals surface area contributed by atoms with E-state index in [0.717, 1.165) is 0 Å². The van der Waals surface area contributed by atoms with E-state index in [-0.39, 0.29) is 24.3 Å². The molecule has 1 atom stereocenters. The third-order valence-electron chi connectivity index (χ3n) is 3.01. The van der Waals surface area contributed by atoms with Crippen LogP contribution in [0.4, 0.5) is 5.69 Å². The van der Waals surface area contributed by atoms with Crippen molar-refractivity contribution in [1.82, 2.24) is 5.32 Å². The fourth-order valence-electron chi connectivity index (χ4n) is 2.17. The Bertz CT molecular complexity index is 482. The third kappa shape index (κ3) is 2.76. The predicted molar refractivity (Wildman–Crippen MR) is 72.2 cm³/mol. The molecule has 0 bridgehead atoms. The lowest BCUT2D eigenvalue weighted by molar-refractivity contribution is -0.121. The van der Waals surface area contributed by atoms with E-state index in [1.54, 1.807) is 31.4 Å². The molecule has 5 heteroatoms. The molecular weight excluding hydrogens is 244 g/mol. The van der Waals surface area contributed by atoms with Crippen molar-refractivity contribution in [3.63, 3.8) is 0 Å². The molecule has 1 saturated heterocycles. The van der Waals surface area contributed by atoms with Gasteiger partial charge in [0.15, 0.2) is 0 Å². The normalized spacial score (nSPS) is 19.4. The monoisotopic (exact) mass is 262 g/mol. The summed E-state index contributed by atoms with van der Waals surface area (Å²) in [7, 11) is 1.57. The molecule has 1 heterocycles. The van der Waals surface area contributed by atoms with E-state index in [4.69, 9.17) is 4.74 Å². The number of hydrogen-bond donors (Lipinski definition) is 1. The molecule has 102 valence electrons. The maximum Gasteiger partial charge on any atom is 0.251 e. The molecule has 19 heavy (non-hydrogen) atoms. The number of hydrogen-bond acceptors (Lipinski definition) is 4. The first kappa shape index (κ1) is 13.5. The molecule has 0 aliphatic carbocycles. The summed E-state index contributed by atoms with van der Waals surface area (Å²) in [6.07, 6.45) is 0.211. The highest BCUT2D eigenvalue weighted by atomic mass is 16.5. The molecule has 1 aliphatic heterocycles. The number of carbonyl (C=O) groups is 2. The zero-order valence-electron chi connectivity index (χ0n) is 11.3. The fourth-order valence-corrected chi connectivity index (χ4v) is 2.17. The summed E-state index contributed by atoms with van der Waals surface area (Å²) in [5, 5.41) is 3.11. The van der Waals surface area contributed by atoms with Gasteiger partial charge in [-0.2, -0.15) is 0 Å². The fraction of sp³-hybridized carbons (Fsp3) is 0.429. The molecule has 0 spiro atoms. The summed E-state index contributed by atoms with van der Waals surface area (Å²) in [4.78, 5) is 25.4. The van der Waals surface area contributed by atoms with Crippen molar-refractivity contribution in [2.75, 3.05) is 12.0 Å². The standard InChI is InChI=1S/C14H18N2O3/c1-9(2)15-12-8-13(17)16(14(12)18)10-4-6-11(19-3)7-5-10/h4-7,9,12,15H,8H2,1-3H3/t12-/m1/s1. The second-order valence-electron chi connectivity index (χ2n) is 4.84. The minimum atomic E-state index is -0.422. The van der Waals surface area contributed by atoms with Crippen LogP contribution in [-0.2, 0) is 9.59 Å². The van der Waals surface area contributed by atoms with Crippen LogP contribution in [-0.4, -0.2) is 31.0 Å². The first-order valence-corrected chi connectivity index (χ1v) is 6.30. The predicted octanol–water partition coefficient (Wildman–Crippen LogP) is 1.33. The molecule has 0 radical (unpaired) electrons. The lowest BCUT2D eigenvalue weighted by Crippen LogP contribution is -2.41. The second kappa shape index (κ2) is 5.40. The van der Waals surface area contributed by atoms with Crippen LogP contribution in [0.15, 0.2) is 24.3 Å². The SMILES string of the molecule is COc1ccc(N2C(=O)C[C@@H](NC(C)C)C2=O)cc1. The minimum Gasteiger partial charge on any atom is -0.497 e. The Morgan fingerprint density at radius 3 is 2.42 bits per heavy atom. The number of rotatable bonds is 4. The summed E-state index contributed by atoms with van der Waals surface area (Å²) in [5.41, 5.74) is 0.587. The van der Waals surface area contributed by atoms with E-state index in [1.807, 2.05) is 13.8 Å². The van der Waals surface area contributed by atoms with Crippen molar-refractivity contribution in [1.29, 1.82) is 0 Å². The molecule has 1 aromatic rings. The zero-order chi connectivity index (χ0) is 14.0. The van der Waals surface area contributed by atoms with E-state index >= 15 is 0 Å². The van der Waals surface area contributed by atoms with Crippen LogP contribution >= 0.6 is 0 Å². The smallest absolute Gasteiger partial charge is 0.251 e. The number of carbonyl (C=O) groups excluding carboxylic acids is 2. The van der Waals surface area contributed by atoms with E-state index < -0.39 is 6.04 Å². The van der Waals surface area contributed by atoms with Crippen molar-refractivity contribution in [3.05, 3.63) is 24.3 Å². The molecular formula is C14H18N2O3. The molecule has 5 nitrogen and oxygen atoms in total. The number of ether oxygens (including phenoxy) is 1. The summed E-state index contributed by atoms with van der Waals surface area (Å²) in [5.74, 6) is 0.330. The van der Waals surface area contributed by atoms with Crippen molar-refractivity contribution < 1.29 is 14.3 Å². The number of nitrogens with one attached hydrogen (secondary N) is 1. The quantitative estimate of drug-likeness (QED) is 0.832. The van der Waals surface area contributed by atoms with Gasteiger partial charge in [-0.25, -0.2) is 4.90 Å². The second-order valence-corrected chi connectivity index (χ2v) is 4.84. The maximum atomic E-state index is 12.2. The van der Waals surface area contributed by atoms with Gasteiger partial charge in [-0.05, 0) is 24.3 Å². The van der Waals surface area contributed by atoms with Crippen LogP contribution < -0.4 is 15.0 Å². The van der Waals surface area contributed by atoms with Crippen molar-refractivity contribution >= 4 is 17.5 Å². The number of methoxy groups -OCH3 is 1. The Hall–Kier alpha value is -1.88. The van der Waals surface area contributed by atoms with Crippen LogP contribution in [0.2, 0.25) is 0 Å². The maximum absolute atomic E-state index is 12.2. The molecule has 2 amide bonds. The molecule has 2 rings (SSSR count). The van der Waals surface area contributed by atoms with Gasteiger partial charge in [-0.1, -0.05) is 13.8 Å². The van der Waals surface area contributed by atoms with Crippen molar-refractivity contribution in [2.45, 2.75) is 32.4 Å². The van der Waals surface area contributed by atoms with Crippen molar-refractivity contribution in [3.8, 4) is 5.75 Å². The summed E-state index contributed by atoms with van der Waals surface area (Å²) in [6, 6.07) is 6.64. The van der Waals surface area contributed by atoms with Crippen LogP contribution in [0.5, 0.6) is 5.75 Å². The van der Waals surface area contributed by atoms with Gasteiger partial charge in [0.25, 0.3) is 5.91 Å². The van der Waals surface area contributed by atoms with Crippen LogP contribution in [0.3, 0.4) is 0 Å². The molecule has 1 fully saturated rings. The van der Waals surface area contributed by atoms with E-state index in [0.29, 0.717) is 11.4 Å². The van der Waals surface area contributed by atoms with E-state index in [1.165, 1.54) is 4.90 Å². The van der Waals surface area contributed by atoms with Gasteiger partial charge in [0, 0.05) is 6.04 Å². The summed E-state index contributed by atoms with van der Waals surface area (Å²) in [6.45, 7) is 3.90. The Morgan fingerprint density at radius 2 is 1.89 bits per heavy atom. The van der Waals surface area contributed by atoms with Crippen molar-refractivity contribution in [2.24, 2.45) is 0 Å². The van der Waals surface area contributed by atoms with Crippen LogP contribution in [0, 0.1) is 0 Å². The van der Waals surface area contributed by atoms with E-state index in [2.05, 4.69) is 5.32 Å². The van der Waals surface area contributed by atoms with Crippen LogP contribution in [0.1, 0.15) is 20.3 Å². The Morgan fingerprint density at radius 1 is 1.26 bits per heavy atom. The van der Waals surface area contributed by atoms with Gasteiger partial charge in [-0.3, -0.25) is 9.59 Å². The first-order chi connectivity index (χ1) is 9.02. The molecule has 0 unspecified atom stereocenters. The van der Waals surface area contributed by atoms with Crippen LogP contribution in [0.25, 0.3) is 0 Å². The molecule has 1 aromatic carbocycles. The highest BCUT2D eigenvalue weighted by molar-refractivity contribution is 6.22. The minimum absolute atomic E-state index is 0.164. The average Bonchev–Trinajstić information content (AvgIpc) is 2.64. The summed E-state index contributed by atoms with van der Waals surface area (Å²) >= 11 is 0. The molecule has 1 aliphatic rings. The Kier molecular flexibility index (Phi) is 3.85. The first-order valence-electron chi connectivity index (χ1n) is 6.30. The lowest BCUT2D eigenvalue weighted by Gasteiger charge is -2.17. The third-order valence-corrected chi connectivity index (χ3v) is 3.01. The topological polar surface area (TPSA) is 58.6 Å². The average molecular weight is 262 g/mol. The molecule has 0 saturated carbocycles. The number of amides is 2. The number of anilines is 1. The van der Waals surface area contributed by atoms with Gasteiger partial charge in [-0.15, -0.1) is 0 Å². The van der Waals surface area contributed by atoms with Gasteiger partial charge in [0.1, 0.15) is 5.75 Å². The number of nitrogens with zero attached hydrogens (tertiary/aromatic N) is 1. The summed E-state index contributed by atoms with van der Waals surface area (Å²) < 4.78 is 5.06. The van der Waals surface area contributed by atoms with Gasteiger partial charge in [0.2, 0.25) is 5.91 Å².